The molecule has 0 spiro atoms. The third-order valence-corrected chi connectivity index (χ3v) is 4.08. The van der Waals surface area contributed by atoms with Crippen molar-refractivity contribution in [2.75, 3.05) is 19.5 Å². The van der Waals surface area contributed by atoms with Crippen molar-refractivity contribution in [3.63, 3.8) is 0 Å². The normalized spacial score (nSPS) is 10.3. The summed E-state index contributed by atoms with van der Waals surface area (Å²) in [4.78, 5) is 29.0. The van der Waals surface area contributed by atoms with E-state index in [2.05, 4.69) is 10.3 Å². The smallest absolute Gasteiger partial charge is 0.259 e. The first-order valence-corrected chi connectivity index (χ1v) is 8.19. The van der Waals surface area contributed by atoms with Gasteiger partial charge in [-0.05, 0) is 36.4 Å². The lowest BCUT2D eigenvalue weighted by molar-refractivity contribution is 0.101. The summed E-state index contributed by atoms with van der Waals surface area (Å²) in [7, 11) is 4.79. The van der Waals surface area contributed by atoms with Crippen LogP contribution in [0.1, 0.15) is 26.5 Å². The van der Waals surface area contributed by atoms with E-state index < -0.39 is 0 Å². The first kappa shape index (κ1) is 18.2. The lowest BCUT2D eigenvalue weighted by atomic mass is 10.1. The fourth-order valence-corrected chi connectivity index (χ4v) is 2.60. The Morgan fingerprint density at radius 3 is 2.37 bits per heavy atom. The number of carbonyl (C=O) groups excluding carboxylic acids is 2. The van der Waals surface area contributed by atoms with E-state index in [0.717, 1.165) is 0 Å². The molecule has 1 N–H and O–H groups in total. The van der Waals surface area contributed by atoms with Crippen LogP contribution >= 0.6 is 0 Å². The molecule has 27 heavy (non-hydrogen) atoms. The molecule has 0 unspecified atom stereocenters. The number of carbonyl (C=O) groups is 2. The van der Waals surface area contributed by atoms with Gasteiger partial charge in [-0.25, -0.2) is 4.98 Å². The fourth-order valence-electron chi connectivity index (χ4n) is 2.60. The molecule has 0 atom stereocenters. The number of hydrogen-bond donors (Lipinski definition) is 1. The Bertz CT molecular complexity index is 977. The molecule has 0 aliphatic carbocycles. The summed E-state index contributed by atoms with van der Waals surface area (Å²) in [5.74, 6) is 0.860. The Morgan fingerprint density at radius 2 is 1.78 bits per heavy atom. The number of anilines is 1. The van der Waals surface area contributed by atoms with Gasteiger partial charge in [-0.15, -0.1) is 0 Å². The number of rotatable bonds is 6. The summed E-state index contributed by atoms with van der Waals surface area (Å²) in [5, 5.41) is 2.79. The molecule has 1 aromatic heterocycles. The summed E-state index contributed by atoms with van der Waals surface area (Å²) in [6, 6.07) is 11.6. The van der Waals surface area contributed by atoms with Crippen LogP contribution in [0.15, 0.2) is 54.9 Å². The zero-order valence-electron chi connectivity index (χ0n) is 15.2. The van der Waals surface area contributed by atoms with E-state index in [1.54, 1.807) is 73.6 Å². The van der Waals surface area contributed by atoms with Crippen LogP contribution in [0.5, 0.6) is 11.5 Å². The molecule has 138 valence electrons. The van der Waals surface area contributed by atoms with Crippen molar-refractivity contribution in [1.82, 2.24) is 9.55 Å². The molecule has 0 aliphatic rings. The number of imidazole rings is 1. The molecule has 7 nitrogen and oxygen atoms in total. The zero-order chi connectivity index (χ0) is 19.4. The van der Waals surface area contributed by atoms with Crippen molar-refractivity contribution in [2.45, 2.75) is 0 Å². The average molecular weight is 365 g/mol. The Labute approximate surface area is 156 Å². The van der Waals surface area contributed by atoms with Gasteiger partial charge in [-0.1, -0.05) is 0 Å². The van der Waals surface area contributed by atoms with Gasteiger partial charge in [0, 0.05) is 36.8 Å². The van der Waals surface area contributed by atoms with Gasteiger partial charge in [0.05, 0.1) is 19.8 Å². The van der Waals surface area contributed by atoms with Gasteiger partial charge in [0.1, 0.15) is 11.5 Å². The summed E-state index contributed by atoms with van der Waals surface area (Å²) in [6.45, 7) is 0. The first-order valence-electron chi connectivity index (χ1n) is 8.19. The van der Waals surface area contributed by atoms with E-state index >= 15 is 0 Å². The minimum atomic E-state index is -0.322. The van der Waals surface area contributed by atoms with Gasteiger partial charge in [-0.2, -0.15) is 0 Å². The fraction of sp³-hybridized carbons (Fsp3) is 0.150. The number of ether oxygens (including phenoxy) is 2. The van der Waals surface area contributed by atoms with Crippen LogP contribution in [-0.2, 0) is 7.05 Å². The third-order valence-electron chi connectivity index (χ3n) is 4.08. The van der Waals surface area contributed by atoms with Crippen LogP contribution < -0.4 is 14.8 Å². The largest absolute Gasteiger partial charge is 0.497 e. The maximum absolute atomic E-state index is 12.5. The monoisotopic (exact) mass is 365 g/mol. The second kappa shape index (κ2) is 7.74. The zero-order valence-corrected chi connectivity index (χ0v) is 15.2. The van der Waals surface area contributed by atoms with Gasteiger partial charge >= 0.3 is 0 Å². The molecule has 3 aromatic rings. The number of nitrogens with one attached hydrogen (secondary N) is 1. The maximum Gasteiger partial charge on any atom is 0.259 e. The first-order chi connectivity index (χ1) is 13.0. The molecule has 0 aliphatic heterocycles. The third kappa shape index (κ3) is 3.82. The molecule has 0 saturated carbocycles. The molecule has 7 heteroatoms. The molecule has 1 amide bonds. The Hall–Kier alpha value is -3.61. The second-order valence-corrected chi connectivity index (χ2v) is 5.79. The Kier molecular flexibility index (Phi) is 5.21. The molecule has 1 heterocycles. The highest BCUT2D eigenvalue weighted by Gasteiger charge is 2.16. The van der Waals surface area contributed by atoms with E-state index in [-0.39, 0.29) is 11.7 Å². The van der Waals surface area contributed by atoms with E-state index in [0.29, 0.717) is 34.1 Å². The number of benzene rings is 2. The number of amides is 1. The predicted octanol–water partition coefficient (Wildman–Crippen LogP) is 2.92. The number of hydrogen-bond acceptors (Lipinski definition) is 5. The number of aryl methyl sites for hydroxylation is 1. The van der Waals surface area contributed by atoms with Gasteiger partial charge in [0.15, 0.2) is 5.82 Å². The lowest BCUT2D eigenvalue weighted by Gasteiger charge is -2.11. The van der Waals surface area contributed by atoms with Crippen LogP contribution in [0.2, 0.25) is 0 Å². The average Bonchev–Trinajstić information content (AvgIpc) is 3.13. The van der Waals surface area contributed by atoms with Crippen molar-refractivity contribution in [1.29, 1.82) is 0 Å². The maximum atomic E-state index is 12.5. The molecular formula is C20H19N3O4. The molecule has 0 saturated heterocycles. The van der Waals surface area contributed by atoms with Crippen molar-refractivity contribution >= 4 is 17.4 Å². The standard InChI is InChI=1S/C20H19N3O4/c1-23-11-10-21-19(23)18(24)13-4-6-14(7-5-13)22-20(25)16-9-8-15(26-2)12-17(16)27-3/h4-12H,1-3H3,(H,22,25). The summed E-state index contributed by atoms with van der Waals surface area (Å²) in [5.41, 5.74) is 1.44. The van der Waals surface area contributed by atoms with Gasteiger partial charge in [-0.3, -0.25) is 9.59 Å². The lowest BCUT2D eigenvalue weighted by Crippen LogP contribution is -2.13. The van der Waals surface area contributed by atoms with E-state index in [9.17, 15) is 9.59 Å². The second-order valence-electron chi connectivity index (χ2n) is 5.79. The topological polar surface area (TPSA) is 82.5 Å². The molecule has 3 rings (SSSR count). The predicted molar refractivity (Wildman–Crippen MR) is 101 cm³/mol. The molecule has 0 fully saturated rings. The minimum Gasteiger partial charge on any atom is -0.497 e. The SMILES string of the molecule is COc1ccc(C(=O)Nc2ccc(C(=O)c3nccn3C)cc2)c(OC)c1. The highest BCUT2D eigenvalue weighted by molar-refractivity contribution is 6.08. The van der Waals surface area contributed by atoms with E-state index in [4.69, 9.17) is 9.47 Å². The molecule has 2 aromatic carbocycles. The number of ketones is 1. The minimum absolute atomic E-state index is 0.183. The van der Waals surface area contributed by atoms with Crippen molar-refractivity contribution in [3.8, 4) is 11.5 Å². The number of aromatic nitrogens is 2. The summed E-state index contributed by atoms with van der Waals surface area (Å²) >= 11 is 0. The van der Waals surface area contributed by atoms with Crippen LogP contribution in [0.25, 0.3) is 0 Å². The van der Waals surface area contributed by atoms with Gasteiger partial charge in [0.2, 0.25) is 5.78 Å². The van der Waals surface area contributed by atoms with Crippen molar-refractivity contribution in [3.05, 3.63) is 71.8 Å². The van der Waals surface area contributed by atoms with E-state index in [1.807, 2.05) is 0 Å². The Morgan fingerprint density at radius 1 is 1.04 bits per heavy atom. The summed E-state index contributed by atoms with van der Waals surface area (Å²) < 4.78 is 12.0. The molecular weight excluding hydrogens is 346 g/mol. The quantitative estimate of drug-likeness (QED) is 0.679. The number of nitrogens with zero attached hydrogens (tertiary/aromatic N) is 2. The molecule has 0 bridgehead atoms. The highest BCUT2D eigenvalue weighted by Crippen LogP contribution is 2.25. The van der Waals surface area contributed by atoms with Gasteiger partial charge in [0.25, 0.3) is 5.91 Å². The molecule has 0 radical (unpaired) electrons. The van der Waals surface area contributed by atoms with Crippen LogP contribution in [0.3, 0.4) is 0 Å². The van der Waals surface area contributed by atoms with Crippen molar-refractivity contribution in [2.24, 2.45) is 7.05 Å². The van der Waals surface area contributed by atoms with Crippen LogP contribution in [-0.4, -0.2) is 35.5 Å². The highest BCUT2D eigenvalue weighted by atomic mass is 16.5. The van der Waals surface area contributed by atoms with Crippen molar-refractivity contribution < 1.29 is 19.1 Å². The van der Waals surface area contributed by atoms with Crippen LogP contribution in [0, 0.1) is 0 Å². The Balaban J connectivity index is 1.76. The van der Waals surface area contributed by atoms with E-state index in [1.165, 1.54) is 7.11 Å². The summed E-state index contributed by atoms with van der Waals surface area (Å²) in [6.07, 6.45) is 3.29. The van der Waals surface area contributed by atoms with Crippen LogP contribution in [0.4, 0.5) is 5.69 Å². The van der Waals surface area contributed by atoms with Gasteiger partial charge < -0.3 is 19.4 Å². The number of methoxy groups -OCH3 is 2.